The summed E-state index contributed by atoms with van der Waals surface area (Å²) in [6, 6.07) is 7.21. The molecule has 0 aliphatic rings. The lowest BCUT2D eigenvalue weighted by atomic mass is 9.99. The van der Waals surface area contributed by atoms with Crippen molar-refractivity contribution in [3.63, 3.8) is 0 Å². The fraction of sp³-hybridized carbons (Fsp3) is 0.471. The van der Waals surface area contributed by atoms with E-state index in [9.17, 15) is 8.42 Å². The second-order valence-electron chi connectivity index (χ2n) is 6.05. The number of benzene rings is 1. The van der Waals surface area contributed by atoms with Crippen LogP contribution in [-0.2, 0) is 23.6 Å². The van der Waals surface area contributed by atoms with Gasteiger partial charge in [-0.3, -0.25) is 4.68 Å². The van der Waals surface area contributed by atoms with Crippen LogP contribution < -0.4 is 0 Å². The normalized spacial score (nSPS) is 13.5. The number of aromatic nitrogens is 2. The molecule has 0 radical (unpaired) electrons. The van der Waals surface area contributed by atoms with Crippen molar-refractivity contribution < 1.29 is 8.42 Å². The maximum atomic E-state index is 12.7. The Balaban J connectivity index is 2.21. The Kier molecular flexibility index (Phi) is 5.26. The lowest BCUT2D eigenvalue weighted by Gasteiger charge is -2.17. The molecule has 0 saturated heterocycles. The zero-order valence-electron chi connectivity index (χ0n) is 14.4. The second-order valence-corrected chi connectivity index (χ2v) is 8.10. The molecule has 126 valence electrons. The Hall–Kier alpha value is -1.66. The minimum Gasteiger partial charge on any atom is -0.275 e. The Morgan fingerprint density at radius 2 is 1.87 bits per heavy atom. The SMILES string of the molecule is CC[C@H](C)c1ccc(S(=O)(=O)N(C)Cc2cn(C)nc2C)cc1. The zero-order valence-corrected chi connectivity index (χ0v) is 15.3. The molecule has 0 spiro atoms. The molecule has 0 aliphatic carbocycles. The van der Waals surface area contributed by atoms with Gasteiger partial charge in [-0.1, -0.05) is 26.0 Å². The van der Waals surface area contributed by atoms with Crippen LogP contribution in [0.15, 0.2) is 35.4 Å². The molecule has 0 aliphatic heterocycles. The summed E-state index contributed by atoms with van der Waals surface area (Å²) in [5.74, 6) is 0.433. The van der Waals surface area contributed by atoms with Crippen molar-refractivity contribution in [1.29, 1.82) is 0 Å². The van der Waals surface area contributed by atoms with Crippen LogP contribution in [-0.4, -0.2) is 29.6 Å². The molecule has 6 heteroatoms. The maximum absolute atomic E-state index is 12.7. The van der Waals surface area contributed by atoms with E-state index in [1.54, 1.807) is 23.9 Å². The highest BCUT2D eigenvalue weighted by molar-refractivity contribution is 7.89. The molecule has 1 aromatic heterocycles. The van der Waals surface area contributed by atoms with Crippen molar-refractivity contribution >= 4 is 10.0 Å². The number of hydrogen-bond acceptors (Lipinski definition) is 3. The third-order valence-corrected chi connectivity index (χ3v) is 6.10. The van der Waals surface area contributed by atoms with E-state index in [0.29, 0.717) is 17.4 Å². The van der Waals surface area contributed by atoms with Gasteiger partial charge in [-0.15, -0.1) is 0 Å². The van der Waals surface area contributed by atoms with Crippen LogP contribution in [0.1, 0.15) is 43.0 Å². The van der Waals surface area contributed by atoms with Gasteiger partial charge in [0.1, 0.15) is 0 Å². The van der Waals surface area contributed by atoms with Crippen LogP contribution in [0.2, 0.25) is 0 Å². The monoisotopic (exact) mass is 335 g/mol. The smallest absolute Gasteiger partial charge is 0.243 e. The third kappa shape index (κ3) is 3.82. The van der Waals surface area contributed by atoms with Crippen LogP contribution >= 0.6 is 0 Å². The Bertz CT molecular complexity index is 764. The largest absolute Gasteiger partial charge is 0.275 e. The first kappa shape index (κ1) is 17.7. The summed E-state index contributed by atoms with van der Waals surface area (Å²) in [6.45, 7) is 6.46. The van der Waals surface area contributed by atoms with Gasteiger partial charge in [0.05, 0.1) is 10.6 Å². The average molecular weight is 335 g/mol. The van der Waals surface area contributed by atoms with E-state index in [1.807, 2.05) is 32.3 Å². The molecule has 1 aromatic carbocycles. The Labute approximate surface area is 139 Å². The zero-order chi connectivity index (χ0) is 17.2. The van der Waals surface area contributed by atoms with Crippen molar-refractivity contribution in [3.05, 3.63) is 47.3 Å². The summed E-state index contributed by atoms with van der Waals surface area (Å²) in [4.78, 5) is 0.327. The summed E-state index contributed by atoms with van der Waals surface area (Å²) in [5.41, 5.74) is 2.92. The average Bonchev–Trinajstić information content (AvgIpc) is 2.84. The standard InChI is InChI=1S/C17H25N3O2S/c1-6-13(2)15-7-9-17(10-8-15)23(21,22)20(5)12-16-11-19(4)18-14(16)3/h7-11,13H,6,12H2,1-5H3/t13-/m0/s1. The van der Waals surface area contributed by atoms with Crippen molar-refractivity contribution in [3.8, 4) is 0 Å². The molecule has 5 nitrogen and oxygen atoms in total. The molecule has 0 fully saturated rings. The topological polar surface area (TPSA) is 55.2 Å². The van der Waals surface area contributed by atoms with E-state index < -0.39 is 10.0 Å². The summed E-state index contributed by atoms with van der Waals surface area (Å²) in [6.07, 6.45) is 2.89. The van der Waals surface area contributed by atoms with Gasteiger partial charge in [0.2, 0.25) is 10.0 Å². The van der Waals surface area contributed by atoms with Gasteiger partial charge in [0.25, 0.3) is 0 Å². The molecule has 0 unspecified atom stereocenters. The minimum atomic E-state index is -3.50. The second kappa shape index (κ2) is 6.84. The summed E-state index contributed by atoms with van der Waals surface area (Å²) in [5, 5.41) is 4.25. The van der Waals surface area contributed by atoms with Gasteiger partial charge in [-0.2, -0.15) is 9.40 Å². The van der Waals surface area contributed by atoms with Crippen molar-refractivity contribution in [1.82, 2.24) is 14.1 Å². The Morgan fingerprint density at radius 3 is 2.35 bits per heavy atom. The summed E-state index contributed by atoms with van der Waals surface area (Å²) in [7, 11) is -0.0641. The van der Waals surface area contributed by atoms with Gasteiger partial charge < -0.3 is 0 Å². The first-order chi connectivity index (χ1) is 10.8. The highest BCUT2D eigenvalue weighted by atomic mass is 32.2. The molecular formula is C17H25N3O2S. The minimum absolute atomic E-state index is 0.315. The Morgan fingerprint density at radius 1 is 1.26 bits per heavy atom. The van der Waals surface area contributed by atoms with E-state index in [0.717, 1.165) is 23.2 Å². The maximum Gasteiger partial charge on any atom is 0.243 e. The third-order valence-electron chi connectivity index (χ3n) is 4.28. The number of hydrogen-bond donors (Lipinski definition) is 0. The molecule has 2 rings (SSSR count). The quantitative estimate of drug-likeness (QED) is 0.815. The van der Waals surface area contributed by atoms with Crippen LogP contribution in [0.3, 0.4) is 0 Å². The first-order valence-corrected chi connectivity index (χ1v) is 9.25. The van der Waals surface area contributed by atoms with Crippen LogP contribution in [0.5, 0.6) is 0 Å². The predicted octanol–water partition coefficient (Wildman–Crippen LogP) is 3.06. The van der Waals surface area contributed by atoms with E-state index in [1.165, 1.54) is 4.31 Å². The fourth-order valence-electron chi connectivity index (χ4n) is 2.51. The summed E-state index contributed by atoms with van der Waals surface area (Å²) >= 11 is 0. The fourth-order valence-corrected chi connectivity index (χ4v) is 3.66. The van der Waals surface area contributed by atoms with Crippen LogP contribution in [0.25, 0.3) is 0 Å². The van der Waals surface area contributed by atoms with Crippen LogP contribution in [0, 0.1) is 6.92 Å². The van der Waals surface area contributed by atoms with Gasteiger partial charge in [-0.25, -0.2) is 8.42 Å². The lowest BCUT2D eigenvalue weighted by molar-refractivity contribution is 0.466. The lowest BCUT2D eigenvalue weighted by Crippen LogP contribution is -2.26. The van der Waals surface area contributed by atoms with Crippen LogP contribution in [0.4, 0.5) is 0 Å². The van der Waals surface area contributed by atoms with Gasteiger partial charge in [0, 0.05) is 32.4 Å². The molecular weight excluding hydrogens is 310 g/mol. The first-order valence-electron chi connectivity index (χ1n) is 7.81. The highest BCUT2D eigenvalue weighted by Crippen LogP contribution is 2.23. The molecule has 0 bridgehead atoms. The number of sulfonamides is 1. The van der Waals surface area contributed by atoms with E-state index >= 15 is 0 Å². The highest BCUT2D eigenvalue weighted by Gasteiger charge is 2.22. The molecule has 0 amide bonds. The number of aryl methyl sites for hydroxylation is 2. The molecule has 0 N–H and O–H groups in total. The molecule has 2 aromatic rings. The van der Waals surface area contributed by atoms with E-state index in [-0.39, 0.29) is 0 Å². The van der Waals surface area contributed by atoms with Crippen molar-refractivity contribution in [2.75, 3.05) is 7.05 Å². The molecule has 23 heavy (non-hydrogen) atoms. The van der Waals surface area contributed by atoms with Crippen molar-refractivity contribution in [2.24, 2.45) is 7.05 Å². The number of nitrogens with zero attached hydrogens (tertiary/aromatic N) is 3. The molecule has 1 heterocycles. The van der Waals surface area contributed by atoms with Gasteiger partial charge >= 0.3 is 0 Å². The van der Waals surface area contributed by atoms with E-state index in [2.05, 4.69) is 18.9 Å². The summed E-state index contributed by atoms with van der Waals surface area (Å²) < 4.78 is 28.5. The van der Waals surface area contributed by atoms with Gasteiger partial charge in [0.15, 0.2) is 0 Å². The van der Waals surface area contributed by atoms with E-state index in [4.69, 9.17) is 0 Å². The predicted molar refractivity (Wildman–Crippen MR) is 91.7 cm³/mol. The van der Waals surface area contributed by atoms with Gasteiger partial charge in [-0.05, 0) is 37.0 Å². The van der Waals surface area contributed by atoms with Crippen molar-refractivity contribution in [2.45, 2.75) is 44.6 Å². The molecule has 1 atom stereocenters. The number of rotatable bonds is 6. The molecule has 0 saturated carbocycles.